The number of methoxy groups -OCH3 is 1. The first-order valence-electron chi connectivity index (χ1n) is 4.95. The van der Waals surface area contributed by atoms with Crippen LogP contribution >= 0.6 is 15.9 Å². The van der Waals surface area contributed by atoms with Crippen LogP contribution in [0, 0.1) is 0 Å². The lowest BCUT2D eigenvalue weighted by atomic mass is 10.3. The Balaban J connectivity index is 2.96. The Morgan fingerprint density at radius 2 is 1.89 bits per heavy atom. The van der Waals surface area contributed by atoms with Crippen LogP contribution < -0.4 is 4.90 Å². The van der Waals surface area contributed by atoms with Crippen LogP contribution in [0.2, 0.25) is 0 Å². The number of ether oxygens (including phenoxy) is 1. The number of alkyl halides is 3. The summed E-state index contributed by atoms with van der Waals surface area (Å²) in [6.07, 6.45) is -4.46. The second-order valence-electron chi connectivity index (χ2n) is 3.50. The molecule has 1 aromatic rings. The second kappa shape index (κ2) is 6.19. The minimum Gasteiger partial charge on any atom is -0.375 e. The van der Waals surface area contributed by atoms with E-state index in [0.29, 0.717) is 4.90 Å². The van der Waals surface area contributed by atoms with Crippen molar-refractivity contribution >= 4 is 27.5 Å². The molecule has 0 spiro atoms. The van der Waals surface area contributed by atoms with Crippen LogP contribution in [0.25, 0.3) is 0 Å². The first kappa shape index (κ1) is 15.0. The molecule has 0 unspecified atom stereocenters. The van der Waals surface area contributed by atoms with Crippen molar-refractivity contribution in [1.29, 1.82) is 0 Å². The number of carbonyl (C=O) groups is 1. The molecule has 0 N–H and O–H groups in total. The van der Waals surface area contributed by atoms with Crippen LogP contribution in [0.5, 0.6) is 0 Å². The number of hydrogen-bond donors (Lipinski definition) is 0. The molecule has 1 amide bonds. The number of nitrogens with zero attached hydrogens (tertiary/aromatic N) is 1. The van der Waals surface area contributed by atoms with Crippen LogP contribution in [0.3, 0.4) is 0 Å². The molecule has 0 radical (unpaired) electrons. The smallest absolute Gasteiger partial charge is 0.375 e. The maximum atomic E-state index is 12.4. The number of halogens is 4. The predicted molar refractivity (Wildman–Crippen MR) is 64.4 cm³/mol. The SMILES string of the molecule is COCC(=O)N(CC(F)(F)F)c1ccc(Br)cc1. The Morgan fingerprint density at radius 1 is 1.33 bits per heavy atom. The lowest BCUT2D eigenvalue weighted by Crippen LogP contribution is -2.40. The van der Waals surface area contributed by atoms with Gasteiger partial charge in [-0.15, -0.1) is 0 Å². The van der Waals surface area contributed by atoms with Crippen molar-refractivity contribution in [3.05, 3.63) is 28.7 Å². The summed E-state index contributed by atoms with van der Waals surface area (Å²) in [6, 6.07) is 6.00. The standard InChI is InChI=1S/C11H11BrF3NO2/c1-18-6-10(17)16(7-11(13,14)15)9-4-2-8(12)3-5-9/h2-5H,6-7H2,1H3. The molecule has 0 saturated carbocycles. The summed E-state index contributed by atoms with van der Waals surface area (Å²) in [4.78, 5) is 12.2. The Kier molecular flexibility index (Phi) is 5.15. The minimum absolute atomic E-state index is 0.178. The molecule has 0 aliphatic heterocycles. The number of benzene rings is 1. The monoisotopic (exact) mass is 325 g/mol. The average Bonchev–Trinajstić information content (AvgIpc) is 2.26. The average molecular weight is 326 g/mol. The van der Waals surface area contributed by atoms with E-state index in [1.54, 1.807) is 12.1 Å². The number of rotatable bonds is 4. The zero-order valence-corrected chi connectivity index (χ0v) is 11.1. The highest BCUT2D eigenvalue weighted by atomic mass is 79.9. The summed E-state index contributed by atoms with van der Waals surface area (Å²) in [5.74, 6) is -0.739. The molecular weight excluding hydrogens is 315 g/mol. The Hall–Kier alpha value is -1.08. The third-order valence-electron chi connectivity index (χ3n) is 2.04. The van der Waals surface area contributed by atoms with E-state index in [1.165, 1.54) is 19.2 Å². The van der Waals surface area contributed by atoms with Crippen LogP contribution in [0.15, 0.2) is 28.7 Å². The van der Waals surface area contributed by atoms with Gasteiger partial charge in [0.1, 0.15) is 13.2 Å². The molecule has 0 atom stereocenters. The van der Waals surface area contributed by atoms with Gasteiger partial charge < -0.3 is 9.64 Å². The molecule has 0 aromatic heterocycles. The molecule has 0 aliphatic carbocycles. The van der Waals surface area contributed by atoms with Crippen LogP contribution in [-0.2, 0) is 9.53 Å². The summed E-state index contributed by atoms with van der Waals surface area (Å²) in [7, 11) is 1.26. The molecule has 0 bridgehead atoms. The van der Waals surface area contributed by atoms with Gasteiger partial charge in [-0.05, 0) is 24.3 Å². The first-order valence-corrected chi connectivity index (χ1v) is 5.74. The van der Waals surface area contributed by atoms with Gasteiger partial charge in [0.05, 0.1) is 0 Å². The number of carbonyl (C=O) groups excluding carboxylic acids is 1. The third-order valence-corrected chi connectivity index (χ3v) is 2.57. The fraction of sp³-hybridized carbons (Fsp3) is 0.364. The Labute approximate surface area is 111 Å². The number of amides is 1. The minimum atomic E-state index is -4.46. The van der Waals surface area contributed by atoms with Crippen molar-refractivity contribution in [3.63, 3.8) is 0 Å². The highest BCUT2D eigenvalue weighted by Crippen LogP contribution is 2.23. The number of anilines is 1. The van der Waals surface area contributed by atoms with Crippen molar-refractivity contribution in [2.45, 2.75) is 6.18 Å². The molecular formula is C11H11BrF3NO2. The zero-order chi connectivity index (χ0) is 13.8. The quantitative estimate of drug-likeness (QED) is 0.851. The van der Waals surface area contributed by atoms with Gasteiger partial charge in [-0.2, -0.15) is 13.2 Å². The summed E-state index contributed by atoms with van der Waals surface area (Å²) in [5, 5.41) is 0. The van der Waals surface area contributed by atoms with Crippen molar-refractivity contribution in [2.24, 2.45) is 0 Å². The molecule has 0 fully saturated rings. The van der Waals surface area contributed by atoms with E-state index in [0.717, 1.165) is 4.47 Å². The molecule has 0 saturated heterocycles. The van der Waals surface area contributed by atoms with E-state index in [2.05, 4.69) is 20.7 Å². The fourth-order valence-corrected chi connectivity index (χ4v) is 1.59. The van der Waals surface area contributed by atoms with Crippen LogP contribution in [0.4, 0.5) is 18.9 Å². The molecule has 1 aromatic carbocycles. The van der Waals surface area contributed by atoms with Gasteiger partial charge in [0, 0.05) is 17.3 Å². The van der Waals surface area contributed by atoms with E-state index in [1.807, 2.05) is 0 Å². The van der Waals surface area contributed by atoms with Gasteiger partial charge in [0.25, 0.3) is 5.91 Å². The van der Waals surface area contributed by atoms with Gasteiger partial charge in [-0.25, -0.2) is 0 Å². The van der Waals surface area contributed by atoms with E-state index in [-0.39, 0.29) is 5.69 Å². The molecule has 0 aliphatic rings. The fourth-order valence-electron chi connectivity index (χ4n) is 1.33. The third kappa shape index (κ3) is 4.66. The Morgan fingerprint density at radius 3 is 2.33 bits per heavy atom. The molecule has 7 heteroatoms. The molecule has 1 rings (SSSR count). The molecule has 0 heterocycles. The van der Waals surface area contributed by atoms with E-state index < -0.39 is 25.2 Å². The highest BCUT2D eigenvalue weighted by molar-refractivity contribution is 9.10. The van der Waals surface area contributed by atoms with Crippen LogP contribution in [0.1, 0.15) is 0 Å². The normalized spacial score (nSPS) is 11.4. The van der Waals surface area contributed by atoms with E-state index in [4.69, 9.17) is 0 Å². The van der Waals surface area contributed by atoms with Gasteiger partial charge in [0.15, 0.2) is 0 Å². The molecule has 100 valence electrons. The van der Waals surface area contributed by atoms with Crippen molar-refractivity contribution in [3.8, 4) is 0 Å². The Bertz CT molecular complexity index is 406. The lowest BCUT2D eigenvalue weighted by Gasteiger charge is -2.23. The largest absolute Gasteiger partial charge is 0.406 e. The topological polar surface area (TPSA) is 29.5 Å². The number of hydrogen-bond acceptors (Lipinski definition) is 2. The molecule has 3 nitrogen and oxygen atoms in total. The summed E-state index contributed by atoms with van der Waals surface area (Å²) in [6.45, 7) is -1.73. The van der Waals surface area contributed by atoms with Crippen LogP contribution in [-0.4, -0.2) is 32.3 Å². The van der Waals surface area contributed by atoms with Crippen molar-refractivity contribution in [1.82, 2.24) is 0 Å². The highest BCUT2D eigenvalue weighted by Gasteiger charge is 2.33. The summed E-state index contributed by atoms with van der Waals surface area (Å²) in [5.41, 5.74) is 0.178. The van der Waals surface area contributed by atoms with Crippen molar-refractivity contribution < 1.29 is 22.7 Å². The van der Waals surface area contributed by atoms with Gasteiger partial charge in [-0.3, -0.25) is 4.79 Å². The van der Waals surface area contributed by atoms with Gasteiger partial charge in [0.2, 0.25) is 0 Å². The zero-order valence-electron chi connectivity index (χ0n) is 9.50. The maximum Gasteiger partial charge on any atom is 0.406 e. The molecule has 18 heavy (non-hydrogen) atoms. The van der Waals surface area contributed by atoms with Gasteiger partial charge in [-0.1, -0.05) is 15.9 Å². The predicted octanol–water partition coefficient (Wildman–Crippen LogP) is 2.99. The summed E-state index contributed by atoms with van der Waals surface area (Å²) >= 11 is 3.17. The second-order valence-corrected chi connectivity index (χ2v) is 4.42. The van der Waals surface area contributed by atoms with E-state index >= 15 is 0 Å². The first-order chi connectivity index (χ1) is 8.33. The maximum absolute atomic E-state index is 12.4. The van der Waals surface area contributed by atoms with E-state index in [9.17, 15) is 18.0 Å². The summed E-state index contributed by atoms with van der Waals surface area (Å²) < 4.78 is 42.6. The van der Waals surface area contributed by atoms with Gasteiger partial charge >= 0.3 is 6.18 Å². The lowest BCUT2D eigenvalue weighted by molar-refractivity contribution is -0.134. The van der Waals surface area contributed by atoms with Crippen molar-refractivity contribution in [2.75, 3.05) is 25.2 Å².